The van der Waals surface area contributed by atoms with Gasteiger partial charge in [0.25, 0.3) is 5.56 Å². The Morgan fingerprint density at radius 3 is 2.55 bits per heavy atom. The largest absolute Gasteiger partial charge is 0.355 e. The molecule has 1 amide bonds. The van der Waals surface area contributed by atoms with E-state index in [2.05, 4.69) is 36.2 Å². The molecule has 0 aliphatic rings. The van der Waals surface area contributed by atoms with E-state index in [1.807, 2.05) is 13.8 Å². The molecule has 0 unspecified atom stereocenters. The zero-order chi connectivity index (χ0) is 16.7. The number of nitrogens with zero attached hydrogens (tertiary/aromatic N) is 2. The number of aromatic amines is 1. The van der Waals surface area contributed by atoms with Crippen molar-refractivity contribution in [2.24, 2.45) is 12.5 Å². The van der Waals surface area contributed by atoms with E-state index < -0.39 is 0 Å². The van der Waals surface area contributed by atoms with Crippen molar-refractivity contribution in [1.29, 1.82) is 0 Å². The van der Waals surface area contributed by atoms with E-state index in [0.717, 1.165) is 16.8 Å². The Bertz CT molecular complexity index is 778. The van der Waals surface area contributed by atoms with Gasteiger partial charge in [-0.3, -0.25) is 19.4 Å². The SMILES string of the molecule is Cc1nc2[nH]n(C)c(=O)c2c(C)c1CC(=O)NCC(C)(C)C. The van der Waals surface area contributed by atoms with E-state index in [1.165, 1.54) is 4.68 Å². The minimum absolute atomic E-state index is 0.0402. The molecule has 0 aliphatic carbocycles. The lowest BCUT2D eigenvalue weighted by molar-refractivity contribution is -0.120. The van der Waals surface area contributed by atoms with Crippen molar-refractivity contribution in [3.63, 3.8) is 0 Å². The molecule has 2 aromatic heterocycles. The lowest BCUT2D eigenvalue weighted by Crippen LogP contribution is -2.33. The molecule has 2 N–H and O–H groups in total. The fourth-order valence-electron chi connectivity index (χ4n) is 2.46. The van der Waals surface area contributed by atoms with Crippen LogP contribution >= 0.6 is 0 Å². The summed E-state index contributed by atoms with van der Waals surface area (Å²) in [6, 6.07) is 0. The molecule has 0 aliphatic heterocycles. The number of aromatic nitrogens is 3. The average Bonchev–Trinajstić information content (AvgIpc) is 2.66. The van der Waals surface area contributed by atoms with Crippen molar-refractivity contribution in [2.45, 2.75) is 41.0 Å². The summed E-state index contributed by atoms with van der Waals surface area (Å²) < 4.78 is 1.41. The summed E-state index contributed by atoms with van der Waals surface area (Å²) in [5.74, 6) is -0.0466. The van der Waals surface area contributed by atoms with Crippen LogP contribution in [0.2, 0.25) is 0 Å². The van der Waals surface area contributed by atoms with Crippen LogP contribution in [0.15, 0.2) is 4.79 Å². The molecule has 0 fully saturated rings. The van der Waals surface area contributed by atoms with E-state index in [9.17, 15) is 9.59 Å². The third kappa shape index (κ3) is 3.21. The van der Waals surface area contributed by atoms with Gasteiger partial charge < -0.3 is 5.32 Å². The van der Waals surface area contributed by atoms with Gasteiger partial charge in [0.1, 0.15) is 0 Å². The first-order chi connectivity index (χ1) is 10.1. The van der Waals surface area contributed by atoms with Crippen LogP contribution in [-0.2, 0) is 18.3 Å². The Balaban J connectivity index is 2.34. The van der Waals surface area contributed by atoms with E-state index in [4.69, 9.17) is 0 Å². The van der Waals surface area contributed by atoms with E-state index >= 15 is 0 Å². The smallest absolute Gasteiger partial charge is 0.276 e. The second-order valence-corrected chi connectivity index (χ2v) is 7.01. The Morgan fingerprint density at radius 2 is 1.95 bits per heavy atom. The fourth-order valence-corrected chi connectivity index (χ4v) is 2.46. The van der Waals surface area contributed by atoms with Crippen LogP contribution in [0.4, 0.5) is 0 Å². The molecule has 0 aromatic carbocycles. The van der Waals surface area contributed by atoms with Crippen molar-refractivity contribution in [1.82, 2.24) is 20.1 Å². The van der Waals surface area contributed by atoms with Crippen LogP contribution in [-0.4, -0.2) is 27.2 Å². The van der Waals surface area contributed by atoms with E-state index in [-0.39, 0.29) is 23.3 Å². The number of carbonyl (C=O) groups is 1. The van der Waals surface area contributed by atoms with Gasteiger partial charge in [0.2, 0.25) is 5.91 Å². The molecule has 6 heteroatoms. The summed E-state index contributed by atoms with van der Waals surface area (Å²) in [6.07, 6.45) is 0.241. The predicted molar refractivity (Wildman–Crippen MR) is 87.0 cm³/mol. The van der Waals surface area contributed by atoms with Crippen LogP contribution in [0, 0.1) is 19.3 Å². The Hall–Kier alpha value is -2.11. The van der Waals surface area contributed by atoms with Crippen LogP contribution in [0.25, 0.3) is 11.0 Å². The first-order valence-electron chi connectivity index (χ1n) is 7.41. The van der Waals surface area contributed by atoms with Gasteiger partial charge in [0.15, 0.2) is 5.65 Å². The zero-order valence-corrected chi connectivity index (χ0v) is 14.1. The fraction of sp³-hybridized carbons (Fsp3) is 0.562. The minimum Gasteiger partial charge on any atom is -0.355 e. The van der Waals surface area contributed by atoms with Crippen LogP contribution in [0.5, 0.6) is 0 Å². The summed E-state index contributed by atoms with van der Waals surface area (Å²) in [5, 5.41) is 6.42. The van der Waals surface area contributed by atoms with E-state index in [1.54, 1.807) is 7.05 Å². The first-order valence-corrected chi connectivity index (χ1v) is 7.41. The third-order valence-corrected chi connectivity index (χ3v) is 3.73. The maximum absolute atomic E-state index is 12.2. The van der Waals surface area contributed by atoms with Gasteiger partial charge in [-0.15, -0.1) is 0 Å². The highest BCUT2D eigenvalue weighted by Crippen LogP contribution is 2.19. The number of carbonyl (C=O) groups excluding carboxylic acids is 1. The summed E-state index contributed by atoms with van der Waals surface area (Å²) >= 11 is 0. The van der Waals surface area contributed by atoms with Gasteiger partial charge in [-0.2, -0.15) is 0 Å². The Morgan fingerprint density at radius 1 is 1.32 bits per heavy atom. The quantitative estimate of drug-likeness (QED) is 0.903. The Labute approximate surface area is 129 Å². The predicted octanol–water partition coefficient (Wildman–Crippen LogP) is 1.58. The second-order valence-electron chi connectivity index (χ2n) is 7.01. The van der Waals surface area contributed by atoms with Crippen molar-refractivity contribution in [2.75, 3.05) is 6.54 Å². The zero-order valence-electron chi connectivity index (χ0n) is 14.1. The molecule has 0 bridgehead atoms. The van der Waals surface area contributed by atoms with Crippen LogP contribution in [0.3, 0.4) is 0 Å². The van der Waals surface area contributed by atoms with Gasteiger partial charge in [0.05, 0.1) is 11.8 Å². The number of fused-ring (bicyclic) bond motifs is 1. The van der Waals surface area contributed by atoms with E-state index in [0.29, 0.717) is 17.6 Å². The number of nitrogens with one attached hydrogen (secondary N) is 2. The number of hydrogen-bond donors (Lipinski definition) is 2. The van der Waals surface area contributed by atoms with Crippen molar-refractivity contribution in [3.05, 3.63) is 27.2 Å². The summed E-state index contributed by atoms with van der Waals surface area (Å²) in [6.45, 7) is 10.6. The number of rotatable bonds is 3. The number of hydrogen-bond acceptors (Lipinski definition) is 3. The first kappa shape index (κ1) is 16.3. The van der Waals surface area contributed by atoms with Crippen LogP contribution < -0.4 is 10.9 Å². The molecular weight excluding hydrogens is 280 g/mol. The van der Waals surface area contributed by atoms with Crippen LogP contribution in [0.1, 0.15) is 37.6 Å². The lowest BCUT2D eigenvalue weighted by atomic mass is 9.96. The molecule has 0 radical (unpaired) electrons. The van der Waals surface area contributed by atoms with Gasteiger partial charge >= 0.3 is 0 Å². The minimum atomic E-state index is -0.114. The lowest BCUT2D eigenvalue weighted by Gasteiger charge is -2.19. The monoisotopic (exact) mass is 304 g/mol. The number of H-pyrrole nitrogens is 1. The average molecular weight is 304 g/mol. The maximum Gasteiger partial charge on any atom is 0.276 e. The maximum atomic E-state index is 12.2. The highest BCUT2D eigenvalue weighted by molar-refractivity contribution is 5.84. The highest BCUT2D eigenvalue weighted by Gasteiger charge is 2.18. The summed E-state index contributed by atoms with van der Waals surface area (Å²) in [7, 11) is 1.66. The molecule has 0 atom stereocenters. The standard InChI is InChI=1S/C16H24N4O2/c1-9-11(7-12(21)17-8-16(3,4)5)10(2)18-14-13(9)15(22)20(6)19-14/h7-8H2,1-6H3,(H,17,21)(H,18,19). The summed E-state index contributed by atoms with van der Waals surface area (Å²) in [4.78, 5) is 28.7. The molecule has 22 heavy (non-hydrogen) atoms. The normalized spacial score (nSPS) is 11.9. The summed E-state index contributed by atoms with van der Waals surface area (Å²) in [5.41, 5.74) is 2.93. The van der Waals surface area contributed by atoms with Gasteiger partial charge in [-0.25, -0.2) is 4.98 Å². The molecule has 6 nitrogen and oxygen atoms in total. The topological polar surface area (TPSA) is 79.8 Å². The van der Waals surface area contributed by atoms with Gasteiger partial charge in [0, 0.05) is 19.3 Å². The van der Waals surface area contributed by atoms with Gasteiger partial charge in [-0.1, -0.05) is 20.8 Å². The third-order valence-electron chi connectivity index (χ3n) is 3.73. The van der Waals surface area contributed by atoms with Gasteiger partial charge in [-0.05, 0) is 30.4 Å². The molecule has 0 saturated heterocycles. The van der Waals surface area contributed by atoms with Crippen molar-refractivity contribution >= 4 is 16.9 Å². The number of pyridine rings is 1. The molecule has 0 saturated carbocycles. The molecular formula is C16H24N4O2. The Kier molecular flexibility index (Phi) is 4.13. The molecule has 0 spiro atoms. The van der Waals surface area contributed by atoms with Crippen molar-refractivity contribution in [3.8, 4) is 0 Å². The highest BCUT2D eigenvalue weighted by atomic mass is 16.1. The molecule has 2 heterocycles. The number of amides is 1. The van der Waals surface area contributed by atoms with Crippen molar-refractivity contribution < 1.29 is 4.79 Å². The molecule has 120 valence electrons. The molecule has 2 aromatic rings. The second kappa shape index (κ2) is 5.59. The number of aryl methyl sites for hydroxylation is 3. The molecule has 2 rings (SSSR count).